The van der Waals surface area contributed by atoms with E-state index in [0.29, 0.717) is 18.7 Å². The molecule has 0 fully saturated rings. The average Bonchev–Trinajstić information content (AvgIpc) is 2.68. The molecule has 2 rings (SSSR count). The van der Waals surface area contributed by atoms with Crippen molar-refractivity contribution in [1.29, 1.82) is 0 Å². The Balaban J connectivity index is 2.28. The maximum atomic E-state index is 12.2. The Bertz CT molecular complexity index is 441. The van der Waals surface area contributed by atoms with Crippen LogP contribution in [-0.4, -0.2) is 41.7 Å². The summed E-state index contributed by atoms with van der Waals surface area (Å²) in [4.78, 5) is 29.0. The number of fused-ring (bicyclic) bond motifs is 1. The minimum atomic E-state index is -0.547. The Kier molecular flexibility index (Phi) is 3.23. The van der Waals surface area contributed by atoms with Gasteiger partial charge in [0.1, 0.15) is 11.8 Å². The first-order valence-corrected chi connectivity index (χ1v) is 5.51. The molecule has 0 saturated heterocycles. The molecule has 0 aliphatic carbocycles. The second-order valence-electron chi connectivity index (χ2n) is 4.10. The summed E-state index contributed by atoms with van der Waals surface area (Å²) in [5.74, 6) is 0.390. The Morgan fingerprint density at radius 2 is 2.47 bits per heavy atom. The lowest BCUT2D eigenvalue weighted by molar-refractivity contribution is -0.136. The lowest BCUT2D eigenvalue weighted by Gasteiger charge is -2.22. The standard InChI is InChI=1S/C11H15N3O3/c1-7(15)5-14-4-3-8-10(17-6-13-8)9(12-2)11(14)16/h6,9,12H,3-5H2,1-2H3. The summed E-state index contributed by atoms with van der Waals surface area (Å²) in [5, 5.41) is 2.90. The summed E-state index contributed by atoms with van der Waals surface area (Å²) in [6, 6.07) is -0.547. The molecular formula is C11H15N3O3. The third-order valence-electron chi connectivity index (χ3n) is 2.81. The molecule has 0 saturated carbocycles. The summed E-state index contributed by atoms with van der Waals surface area (Å²) in [6.07, 6.45) is 1.96. The SMILES string of the molecule is CNC1C(=O)N(CC(C)=O)CCc2ncoc21. The van der Waals surface area contributed by atoms with Crippen LogP contribution in [0.2, 0.25) is 0 Å². The number of carbonyl (C=O) groups is 2. The molecule has 0 spiro atoms. The quantitative estimate of drug-likeness (QED) is 0.795. The van der Waals surface area contributed by atoms with Gasteiger partial charge in [0.2, 0.25) is 5.91 Å². The predicted octanol–water partition coefficient (Wildman–Crippen LogP) is -0.0912. The third kappa shape index (κ3) is 2.21. The van der Waals surface area contributed by atoms with Gasteiger partial charge in [-0.05, 0) is 14.0 Å². The number of Topliss-reactive ketones (excluding diaryl/α,β-unsaturated/α-hetero) is 1. The second-order valence-corrected chi connectivity index (χ2v) is 4.10. The number of nitrogens with one attached hydrogen (secondary N) is 1. The molecule has 1 aromatic heterocycles. The molecule has 92 valence electrons. The first-order chi connectivity index (χ1) is 8.13. The van der Waals surface area contributed by atoms with E-state index in [9.17, 15) is 9.59 Å². The fraction of sp³-hybridized carbons (Fsp3) is 0.545. The zero-order valence-electron chi connectivity index (χ0n) is 9.90. The highest BCUT2D eigenvalue weighted by molar-refractivity contribution is 5.88. The maximum Gasteiger partial charge on any atom is 0.248 e. The molecule has 2 heterocycles. The number of nitrogens with zero attached hydrogens (tertiary/aromatic N) is 2. The van der Waals surface area contributed by atoms with Gasteiger partial charge in [0.05, 0.1) is 12.2 Å². The highest BCUT2D eigenvalue weighted by atomic mass is 16.3. The van der Waals surface area contributed by atoms with E-state index in [4.69, 9.17) is 4.42 Å². The van der Waals surface area contributed by atoms with E-state index in [-0.39, 0.29) is 18.2 Å². The molecule has 6 heteroatoms. The molecular weight excluding hydrogens is 222 g/mol. The van der Waals surface area contributed by atoms with E-state index >= 15 is 0 Å². The minimum absolute atomic E-state index is 0.0281. The average molecular weight is 237 g/mol. The van der Waals surface area contributed by atoms with Gasteiger partial charge in [0.25, 0.3) is 0 Å². The van der Waals surface area contributed by atoms with Crippen molar-refractivity contribution in [2.45, 2.75) is 19.4 Å². The van der Waals surface area contributed by atoms with Gasteiger partial charge in [-0.3, -0.25) is 9.59 Å². The van der Waals surface area contributed by atoms with Gasteiger partial charge in [0, 0.05) is 13.0 Å². The van der Waals surface area contributed by atoms with E-state index in [1.54, 1.807) is 11.9 Å². The van der Waals surface area contributed by atoms with Gasteiger partial charge in [0.15, 0.2) is 12.2 Å². The number of carbonyl (C=O) groups excluding carboxylic acids is 2. The van der Waals surface area contributed by atoms with E-state index < -0.39 is 6.04 Å². The lowest BCUT2D eigenvalue weighted by atomic mass is 10.1. The zero-order valence-corrected chi connectivity index (χ0v) is 9.90. The molecule has 1 N–H and O–H groups in total. The van der Waals surface area contributed by atoms with Crippen molar-refractivity contribution in [3.8, 4) is 0 Å². The molecule has 1 unspecified atom stereocenters. The van der Waals surface area contributed by atoms with Gasteiger partial charge < -0.3 is 14.6 Å². The van der Waals surface area contributed by atoms with Crippen LogP contribution in [0.4, 0.5) is 0 Å². The Morgan fingerprint density at radius 3 is 3.12 bits per heavy atom. The molecule has 1 aliphatic rings. The van der Waals surface area contributed by atoms with Crippen LogP contribution in [0, 0.1) is 0 Å². The Morgan fingerprint density at radius 1 is 1.71 bits per heavy atom. The van der Waals surface area contributed by atoms with Crippen molar-refractivity contribution >= 4 is 11.7 Å². The monoisotopic (exact) mass is 237 g/mol. The van der Waals surface area contributed by atoms with Crippen molar-refractivity contribution in [3.05, 3.63) is 17.8 Å². The van der Waals surface area contributed by atoms with Crippen LogP contribution >= 0.6 is 0 Å². The lowest BCUT2D eigenvalue weighted by Crippen LogP contribution is -2.41. The highest BCUT2D eigenvalue weighted by Gasteiger charge is 2.33. The van der Waals surface area contributed by atoms with Crippen LogP contribution in [0.25, 0.3) is 0 Å². The molecule has 0 bridgehead atoms. The van der Waals surface area contributed by atoms with E-state index in [0.717, 1.165) is 5.69 Å². The molecule has 0 radical (unpaired) electrons. The normalized spacial score (nSPS) is 20.0. The highest BCUT2D eigenvalue weighted by Crippen LogP contribution is 2.23. The predicted molar refractivity (Wildman–Crippen MR) is 59.3 cm³/mol. The second kappa shape index (κ2) is 4.67. The molecule has 6 nitrogen and oxygen atoms in total. The number of amides is 1. The largest absolute Gasteiger partial charge is 0.446 e. The van der Waals surface area contributed by atoms with Crippen molar-refractivity contribution in [2.24, 2.45) is 0 Å². The molecule has 17 heavy (non-hydrogen) atoms. The summed E-state index contributed by atoms with van der Waals surface area (Å²) < 4.78 is 5.26. The fourth-order valence-electron chi connectivity index (χ4n) is 2.03. The van der Waals surface area contributed by atoms with Crippen LogP contribution in [-0.2, 0) is 16.0 Å². The fourth-order valence-corrected chi connectivity index (χ4v) is 2.03. The van der Waals surface area contributed by atoms with Crippen molar-refractivity contribution in [1.82, 2.24) is 15.2 Å². The molecule has 1 amide bonds. The first-order valence-electron chi connectivity index (χ1n) is 5.51. The maximum absolute atomic E-state index is 12.2. The zero-order chi connectivity index (χ0) is 12.4. The van der Waals surface area contributed by atoms with Gasteiger partial charge >= 0.3 is 0 Å². The Labute approximate surface area is 99.0 Å². The van der Waals surface area contributed by atoms with Crippen LogP contribution in [0.5, 0.6) is 0 Å². The number of rotatable bonds is 3. The van der Waals surface area contributed by atoms with Crippen molar-refractivity contribution in [3.63, 3.8) is 0 Å². The number of likely N-dealkylation sites (N-methyl/N-ethyl adjacent to an activating group) is 1. The van der Waals surface area contributed by atoms with Crippen LogP contribution < -0.4 is 5.32 Å². The number of aromatic nitrogens is 1. The van der Waals surface area contributed by atoms with Crippen LogP contribution in [0.15, 0.2) is 10.8 Å². The number of hydrogen-bond donors (Lipinski definition) is 1. The summed E-state index contributed by atoms with van der Waals surface area (Å²) in [7, 11) is 1.69. The van der Waals surface area contributed by atoms with Gasteiger partial charge in [-0.2, -0.15) is 0 Å². The smallest absolute Gasteiger partial charge is 0.248 e. The van der Waals surface area contributed by atoms with E-state index in [2.05, 4.69) is 10.3 Å². The van der Waals surface area contributed by atoms with Gasteiger partial charge in [-0.1, -0.05) is 0 Å². The number of ketones is 1. The van der Waals surface area contributed by atoms with Gasteiger partial charge in [-0.15, -0.1) is 0 Å². The number of hydrogen-bond acceptors (Lipinski definition) is 5. The molecule has 1 atom stereocenters. The first kappa shape index (κ1) is 11.8. The molecule has 1 aromatic rings. The van der Waals surface area contributed by atoms with Crippen LogP contribution in [0.1, 0.15) is 24.4 Å². The van der Waals surface area contributed by atoms with Crippen molar-refractivity contribution < 1.29 is 14.0 Å². The van der Waals surface area contributed by atoms with Gasteiger partial charge in [-0.25, -0.2) is 4.98 Å². The molecule has 0 aromatic carbocycles. The minimum Gasteiger partial charge on any atom is -0.446 e. The third-order valence-corrected chi connectivity index (χ3v) is 2.81. The summed E-state index contributed by atoms with van der Waals surface area (Å²) in [6.45, 7) is 2.11. The number of oxazole rings is 1. The van der Waals surface area contributed by atoms with E-state index in [1.807, 2.05) is 0 Å². The summed E-state index contributed by atoms with van der Waals surface area (Å²) >= 11 is 0. The van der Waals surface area contributed by atoms with Crippen LogP contribution in [0.3, 0.4) is 0 Å². The van der Waals surface area contributed by atoms with E-state index in [1.165, 1.54) is 13.3 Å². The summed E-state index contributed by atoms with van der Waals surface area (Å²) in [5.41, 5.74) is 0.781. The topological polar surface area (TPSA) is 75.4 Å². The van der Waals surface area contributed by atoms with Crippen molar-refractivity contribution in [2.75, 3.05) is 20.1 Å². The Hall–Kier alpha value is -1.69. The molecule has 1 aliphatic heterocycles.